The Hall–Kier alpha value is -2.96. The van der Waals surface area contributed by atoms with Crippen LogP contribution in [-0.4, -0.2) is 33.2 Å². The van der Waals surface area contributed by atoms with Crippen LogP contribution >= 0.6 is 0 Å². The maximum absolute atomic E-state index is 13.8. The van der Waals surface area contributed by atoms with Crippen molar-refractivity contribution in [3.8, 4) is 11.4 Å². The number of aromatic nitrogens is 3. The smallest absolute Gasteiger partial charge is 0.335 e. The normalized spacial score (nSPS) is 10.8. The number of nitrogens with zero attached hydrogens (tertiary/aromatic N) is 3. The Kier molecular flexibility index (Phi) is 3.02. The largest absolute Gasteiger partial charge is 0.494 e. The van der Waals surface area contributed by atoms with E-state index in [4.69, 9.17) is 9.84 Å². The van der Waals surface area contributed by atoms with Crippen molar-refractivity contribution >= 4 is 17.0 Å². The Labute approximate surface area is 118 Å². The van der Waals surface area contributed by atoms with Gasteiger partial charge in [0.25, 0.3) is 0 Å². The molecule has 0 aliphatic heterocycles. The van der Waals surface area contributed by atoms with E-state index in [2.05, 4.69) is 10.3 Å². The monoisotopic (exact) mass is 287 g/mol. The zero-order chi connectivity index (χ0) is 15.0. The highest BCUT2D eigenvalue weighted by Crippen LogP contribution is 2.23. The third-order valence-electron chi connectivity index (χ3n) is 3.07. The van der Waals surface area contributed by atoms with Crippen LogP contribution in [0.4, 0.5) is 4.39 Å². The molecule has 0 fully saturated rings. The Morgan fingerprint density at radius 2 is 2.10 bits per heavy atom. The van der Waals surface area contributed by atoms with Crippen LogP contribution in [0.2, 0.25) is 0 Å². The molecule has 1 heterocycles. The minimum atomic E-state index is -1.05. The lowest BCUT2D eigenvalue weighted by molar-refractivity contribution is 0.0697. The molecule has 6 nitrogen and oxygen atoms in total. The van der Waals surface area contributed by atoms with Crippen LogP contribution in [0.3, 0.4) is 0 Å². The summed E-state index contributed by atoms with van der Waals surface area (Å²) in [4.78, 5) is 11.0. The first-order valence-corrected chi connectivity index (χ1v) is 6.03. The standard InChI is InChI=1S/C14H10FN3O3/c1-21-13-5-3-9(7-10(13)15)18-12-6-8(14(19)20)2-4-11(12)16-17-18/h2-7H,1H3,(H,19,20). The number of hydrogen-bond donors (Lipinski definition) is 1. The predicted octanol–water partition coefficient (Wildman–Crippen LogP) is 2.27. The van der Waals surface area contributed by atoms with Gasteiger partial charge in [0.2, 0.25) is 0 Å². The molecule has 0 amide bonds. The molecule has 0 saturated heterocycles. The minimum Gasteiger partial charge on any atom is -0.494 e. The average molecular weight is 287 g/mol. The third kappa shape index (κ3) is 2.18. The second-order valence-corrected chi connectivity index (χ2v) is 4.33. The van der Waals surface area contributed by atoms with E-state index in [9.17, 15) is 9.18 Å². The summed E-state index contributed by atoms with van der Waals surface area (Å²) in [6.07, 6.45) is 0. The SMILES string of the molecule is COc1ccc(-n2nnc3ccc(C(=O)O)cc32)cc1F. The summed E-state index contributed by atoms with van der Waals surface area (Å²) >= 11 is 0. The van der Waals surface area contributed by atoms with Crippen LogP contribution < -0.4 is 4.74 Å². The van der Waals surface area contributed by atoms with Crippen LogP contribution in [0.15, 0.2) is 36.4 Å². The molecule has 106 valence electrons. The number of carboxylic acid groups (broad SMARTS) is 1. The molecule has 0 atom stereocenters. The summed E-state index contributed by atoms with van der Waals surface area (Å²) < 4.78 is 20.0. The van der Waals surface area contributed by atoms with Gasteiger partial charge in [0.05, 0.1) is 23.9 Å². The molecule has 0 aliphatic rings. The molecular weight excluding hydrogens is 277 g/mol. The molecule has 7 heteroatoms. The highest BCUT2D eigenvalue weighted by Gasteiger charge is 2.12. The van der Waals surface area contributed by atoms with Crippen molar-refractivity contribution in [1.82, 2.24) is 15.0 Å². The molecule has 21 heavy (non-hydrogen) atoms. The van der Waals surface area contributed by atoms with Gasteiger partial charge in [-0.05, 0) is 30.3 Å². The summed E-state index contributed by atoms with van der Waals surface area (Å²) in [6.45, 7) is 0. The van der Waals surface area contributed by atoms with Crippen LogP contribution in [0.5, 0.6) is 5.75 Å². The summed E-state index contributed by atoms with van der Waals surface area (Å²) in [6, 6.07) is 8.78. The third-order valence-corrected chi connectivity index (χ3v) is 3.07. The van der Waals surface area contributed by atoms with Crippen LogP contribution in [0.1, 0.15) is 10.4 Å². The van der Waals surface area contributed by atoms with Gasteiger partial charge in [0.15, 0.2) is 11.6 Å². The van der Waals surface area contributed by atoms with Crippen LogP contribution in [0, 0.1) is 5.82 Å². The first-order valence-electron chi connectivity index (χ1n) is 6.03. The van der Waals surface area contributed by atoms with Crippen molar-refractivity contribution in [2.45, 2.75) is 0 Å². The van der Waals surface area contributed by atoms with Crippen molar-refractivity contribution in [3.05, 3.63) is 47.8 Å². The quantitative estimate of drug-likeness (QED) is 0.799. The summed E-state index contributed by atoms with van der Waals surface area (Å²) in [5, 5.41) is 16.9. The molecule has 0 saturated carbocycles. The maximum atomic E-state index is 13.8. The van der Waals surface area contributed by atoms with E-state index in [1.165, 1.54) is 36.1 Å². The van der Waals surface area contributed by atoms with Crippen LogP contribution in [-0.2, 0) is 0 Å². The lowest BCUT2D eigenvalue weighted by Crippen LogP contribution is -2.00. The molecule has 0 spiro atoms. The highest BCUT2D eigenvalue weighted by molar-refractivity contribution is 5.92. The first-order chi connectivity index (χ1) is 10.1. The predicted molar refractivity (Wildman–Crippen MR) is 72.3 cm³/mol. The number of ether oxygens (including phenoxy) is 1. The zero-order valence-corrected chi connectivity index (χ0v) is 10.9. The van der Waals surface area contributed by atoms with Gasteiger partial charge in [0.1, 0.15) is 5.52 Å². The van der Waals surface area contributed by atoms with E-state index in [1.54, 1.807) is 12.1 Å². The van der Waals surface area contributed by atoms with Crippen molar-refractivity contribution in [1.29, 1.82) is 0 Å². The second kappa shape index (κ2) is 4.86. The number of fused-ring (bicyclic) bond motifs is 1. The van der Waals surface area contributed by atoms with E-state index < -0.39 is 11.8 Å². The Balaban J connectivity index is 2.18. The number of benzene rings is 2. The molecule has 0 radical (unpaired) electrons. The summed E-state index contributed by atoms with van der Waals surface area (Å²) in [5.74, 6) is -1.46. The fraction of sp³-hybridized carbons (Fsp3) is 0.0714. The number of aromatic carboxylic acids is 1. The van der Waals surface area contributed by atoms with Crippen molar-refractivity contribution in [3.63, 3.8) is 0 Å². The van der Waals surface area contributed by atoms with Crippen molar-refractivity contribution < 1.29 is 19.0 Å². The molecule has 3 aromatic rings. The van der Waals surface area contributed by atoms with Gasteiger partial charge in [-0.15, -0.1) is 5.10 Å². The number of methoxy groups -OCH3 is 1. The van der Waals surface area contributed by atoms with Gasteiger partial charge < -0.3 is 9.84 Å². The fourth-order valence-corrected chi connectivity index (χ4v) is 2.03. The van der Waals surface area contributed by atoms with Gasteiger partial charge in [-0.25, -0.2) is 13.9 Å². The molecule has 0 unspecified atom stereocenters. The zero-order valence-electron chi connectivity index (χ0n) is 10.9. The Bertz CT molecular complexity index is 845. The Morgan fingerprint density at radius 3 is 2.76 bits per heavy atom. The van der Waals surface area contributed by atoms with Crippen LogP contribution in [0.25, 0.3) is 16.7 Å². The minimum absolute atomic E-state index is 0.111. The summed E-state index contributed by atoms with van der Waals surface area (Å²) in [7, 11) is 1.38. The van der Waals surface area contributed by atoms with Gasteiger partial charge in [-0.1, -0.05) is 5.21 Å². The molecule has 0 aliphatic carbocycles. The lowest BCUT2D eigenvalue weighted by atomic mass is 10.2. The number of rotatable bonds is 3. The van der Waals surface area contributed by atoms with E-state index in [0.29, 0.717) is 16.7 Å². The molecule has 1 N–H and O–H groups in total. The molecule has 3 rings (SSSR count). The van der Waals surface area contributed by atoms with E-state index in [0.717, 1.165) is 0 Å². The topological polar surface area (TPSA) is 77.2 Å². The average Bonchev–Trinajstić information content (AvgIpc) is 2.90. The number of hydrogen-bond acceptors (Lipinski definition) is 4. The molecule has 2 aromatic carbocycles. The second-order valence-electron chi connectivity index (χ2n) is 4.33. The number of carboxylic acids is 1. The van der Waals surface area contributed by atoms with Gasteiger partial charge in [-0.3, -0.25) is 0 Å². The number of carbonyl (C=O) groups is 1. The maximum Gasteiger partial charge on any atom is 0.335 e. The van der Waals surface area contributed by atoms with Gasteiger partial charge in [-0.2, -0.15) is 0 Å². The fourth-order valence-electron chi connectivity index (χ4n) is 2.03. The molecule has 1 aromatic heterocycles. The summed E-state index contributed by atoms with van der Waals surface area (Å²) in [5.41, 5.74) is 1.55. The van der Waals surface area contributed by atoms with Gasteiger partial charge >= 0.3 is 5.97 Å². The van der Waals surface area contributed by atoms with E-state index in [-0.39, 0.29) is 11.3 Å². The Morgan fingerprint density at radius 1 is 1.29 bits per heavy atom. The number of halogens is 1. The van der Waals surface area contributed by atoms with Crippen molar-refractivity contribution in [2.75, 3.05) is 7.11 Å². The van der Waals surface area contributed by atoms with E-state index >= 15 is 0 Å². The van der Waals surface area contributed by atoms with Gasteiger partial charge in [0, 0.05) is 6.07 Å². The first kappa shape index (κ1) is 13.0. The lowest BCUT2D eigenvalue weighted by Gasteiger charge is -2.06. The highest BCUT2D eigenvalue weighted by atomic mass is 19.1. The van der Waals surface area contributed by atoms with Crippen molar-refractivity contribution in [2.24, 2.45) is 0 Å². The molecule has 0 bridgehead atoms. The molecular formula is C14H10FN3O3. The van der Waals surface area contributed by atoms with E-state index in [1.807, 2.05) is 0 Å².